The molecular weight excluding hydrogens is 317 g/mol. The predicted octanol–water partition coefficient (Wildman–Crippen LogP) is 4.56. The average molecular weight is 330 g/mol. The van der Waals surface area contributed by atoms with Crippen LogP contribution < -0.4 is 5.32 Å². The molecule has 1 amide bonds. The number of amides is 1. The lowest BCUT2D eigenvalue weighted by Crippen LogP contribution is -2.14. The van der Waals surface area contributed by atoms with Gasteiger partial charge >= 0.3 is 6.18 Å². The number of para-hydroxylation sites is 1. The van der Waals surface area contributed by atoms with Gasteiger partial charge in [0.15, 0.2) is 0 Å². The highest BCUT2D eigenvalue weighted by atomic mass is 19.4. The largest absolute Gasteiger partial charge is 0.416 e. The van der Waals surface area contributed by atoms with E-state index in [2.05, 4.69) is 5.32 Å². The van der Waals surface area contributed by atoms with Crippen molar-refractivity contribution in [1.82, 2.24) is 0 Å². The van der Waals surface area contributed by atoms with Crippen molar-refractivity contribution in [3.8, 4) is 6.07 Å². The van der Waals surface area contributed by atoms with Crippen LogP contribution in [0.2, 0.25) is 0 Å². The van der Waals surface area contributed by atoms with E-state index in [1.54, 1.807) is 31.2 Å². The fourth-order valence-corrected chi connectivity index (χ4v) is 1.99. The smallest absolute Gasteiger partial charge is 0.321 e. The molecule has 3 nitrogen and oxygen atoms in total. The molecule has 0 fully saturated rings. The second-order valence-electron chi connectivity index (χ2n) is 5.06. The average Bonchev–Trinajstić information content (AvgIpc) is 2.54. The Labute approximate surface area is 137 Å². The molecule has 2 rings (SSSR count). The van der Waals surface area contributed by atoms with Crippen molar-refractivity contribution in [3.63, 3.8) is 0 Å². The second kappa shape index (κ2) is 7.01. The maximum atomic E-state index is 12.5. The Kier molecular flexibility index (Phi) is 5.05. The Hall–Kier alpha value is -3.07. The first-order valence-corrected chi connectivity index (χ1v) is 6.97. The van der Waals surface area contributed by atoms with Gasteiger partial charge < -0.3 is 5.32 Å². The number of carbonyl (C=O) groups excluding carboxylic acids is 1. The minimum absolute atomic E-state index is 0.196. The van der Waals surface area contributed by atoms with E-state index < -0.39 is 17.6 Å². The van der Waals surface area contributed by atoms with Crippen molar-refractivity contribution in [2.45, 2.75) is 13.1 Å². The summed E-state index contributed by atoms with van der Waals surface area (Å²) in [6.07, 6.45) is -3.18. The maximum absolute atomic E-state index is 12.5. The van der Waals surface area contributed by atoms with E-state index in [0.717, 1.165) is 17.7 Å². The lowest BCUT2D eigenvalue weighted by atomic mass is 10.1. The van der Waals surface area contributed by atoms with E-state index in [4.69, 9.17) is 5.26 Å². The number of nitrogens with one attached hydrogen (secondary N) is 1. The molecule has 0 saturated heterocycles. The SMILES string of the molecule is Cc1ccccc1NC(=O)/C(C#N)=C/c1ccc(C(F)(F)F)cc1. The molecule has 0 saturated carbocycles. The summed E-state index contributed by atoms with van der Waals surface area (Å²) < 4.78 is 37.6. The normalized spacial score (nSPS) is 11.7. The summed E-state index contributed by atoms with van der Waals surface area (Å²) in [7, 11) is 0. The minimum Gasteiger partial charge on any atom is -0.321 e. The van der Waals surface area contributed by atoms with Gasteiger partial charge in [-0.25, -0.2) is 0 Å². The van der Waals surface area contributed by atoms with Crippen molar-refractivity contribution in [3.05, 3.63) is 70.8 Å². The van der Waals surface area contributed by atoms with Gasteiger partial charge in [0.1, 0.15) is 11.6 Å². The van der Waals surface area contributed by atoms with Crippen LogP contribution in [-0.2, 0) is 11.0 Å². The number of rotatable bonds is 3. The van der Waals surface area contributed by atoms with Gasteiger partial charge in [0, 0.05) is 5.69 Å². The van der Waals surface area contributed by atoms with Crippen molar-refractivity contribution in [1.29, 1.82) is 5.26 Å². The zero-order valence-electron chi connectivity index (χ0n) is 12.7. The summed E-state index contributed by atoms with van der Waals surface area (Å²) in [4.78, 5) is 12.1. The number of alkyl halides is 3. The lowest BCUT2D eigenvalue weighted by molar-refractivity contribution is -0.137. The molecule has 0 heterocycles. The third-order valence-corrected chi connectivity index (χ3v) is 3.31. The summed E-state index contributed by atoms with van der Waals surface area (Å²) in [5.74, 6) is -0.619. The molecule has 2 aromatic carbocycles. The van der Waals surface area contributed by atoms with Crippen LogP contribution in [0.4, 0.5) is 18.9 Å². The first-order valence-electron chi connectivity index (χ1n) is 6.97. The molecule has 24 heavy (non-hydrogen) atoms. The molecule has 122 valence electrons. The van der Waals surface area contributed by atoms with Gasteiger partial charge in [-0.2, -0.15) is 18.4 Å². The molecule has 1 N–H and O–H groups in total. The Morgan fingerprint density at radius 1 is 1.12 bits per heavy atom. The predicted molar refractivity (Wildman–Crippen MR) is 84.8 cm³/mol. The van der Waals surface area contributed by atoms with Gasteiger partial charge in [-0.3, -0.25) is 4.79 Å². The van der Waals surface area contributed by atoms with Gasteiger partial charge in [0.25, 0.3) is 5.91 Å². The highest BCUT2D eigenvalue weighted by Crippen LogP contribution is 2.29. The first kappa shape index (κ1) is 17.3. The zero-order chi connectivity index (χ0) is 17.7. The minimum atomic E-state index is -4.43. The van der Waals surface area contributed by atoms with Crippen LogP contribution in [0.25, 0.3) is 6.08 Å². The van der Waals surface area contributed by atoms with Crippen molar-refractivity contribution < 1.29 is 18.0 Å². The van der Waals surface area contributed by atoms with Gasteiger partial charge in [0.2, 0.25) is 0 Å². The molecule has 2 aromatic rings. The number of nitriles is 1. The topological polar surface area (TPSA) is 52.9 Å². The van der Waals surface area contributed by atoms with E-state index in [-0.39, 0.29) is 5.57 Å². The molecule has 0 atom stereocenters. The third-order valence-electron chi connectivity index (χ3n) is 3.31. The molecule has 0 radical (unpaired) electrons. The van der Waals surface area contributed by atoms with Gasteiger partial charge in [-0.05, 0) is 42.3 Å². The van der Waals surface area contributed by atoms with Crippen molar-refractivity contribution in [2.75, 3.05) is 5.32 Å². The summed E-state index contributed by atoms with van der Waals surface area (Å²) in [5.41, 5.74) is 0.744. The number of nitrogens with zero attached hydrogens (tertiary/aromatic N) is 1. The third kappa shape index (κ3) is 4.23. The Morgan fingerprint density at radius 3 is 2.29 bits per heavy atom. The van der Waals surface area contributed by atoms with Crippen LogP contribution in [0, 0.1) is 18.3 Å². The maximum Gasteiger partial charge on any atom is 0.416 e. The fourth-order valence-electron chi connectivity index (χ4n) is 1.99. The summed E-state index contributed by atoms with van der Waals surface area (Å²) in [6.45, 7) is 1.81. The number of benzene rings is 2. The summed E-state index contributed by atoms with van der Waals surface area (Å²) in [5, 5.41) is 11.7. The van der Waals surface area contributed by atoms with Crippen LogP contribution >= 0.6 is 0 Å². The van der Waals surface area contributed by atoms with Crippen molar-refractivity contribution in [2.24, 2.45) is 0 Å². The van der Waals surface area contributed by atoms with E-state index in [1.165, 1.54) is 18.2 Å². The first-order chi connectivity index (χ1) is 11.3. The fraction of sp³-hybridized carbons (Fsp3) is 0.111. The number of hydrogen-bond donors (Lipinski definition) is 1. The zero-order valence-corrected chi connectivity index (χ0v) is 12.7. The summed E-state index contributed by atoms with van der Waals surface area (Å²) in [6, 6.07) is 13.0. The van der Waals surface area contributed by atoms with Crippen molar-refractivity contribution >= 4 is 17.7 Å². The molecule has 0 aromatic heterocycles. The van der Waals surface area contributed by atoms with Gasteiger partial charge in [0.05, 0.1) is 5.56 Å². The Balaban J connectivity index is 2.21. The van der Waals surface area contributed by atoms with Gasteiger partial charge in [-0.15, -0.1) is 0 Å². The molecule has 0 aliphatic heterocycles. The van der Waals surface area contributed by atoms with Crippen LogP contribution in [0.5, 0.6) is 0 Å². The van der Waals surface area contributed by atoms with Crippen LogP contribution in [0.15, 0.2) is 54.1 Å². The molecule has 0 aliphatic carbocycles. The summed E-state index contributed by atoms with van der Waals surface area (Å²) >= 11 is 0. The second-order valence-corrected chi connectivity index (χ2v) is 5.06. The molecule has 0 unspecified atom stereocenters. The van der Waals surface area contributed by atoms with E-state index in [1.807, 2.05) is 6.07 Å². The standard InChI is InChI=1S/C18H13F3N2O/c1-12-4-2-3-5-16(12)23-17(24)14(11-22)10-13-6-8-15(9-7-13)18(19,20)21/h2-10H,1H3,(H,23,24)/b14-10+. The van der Waals surface area contributed by atoms with E-state index in [0.29, 0.717) is 11.3 Å². The van der Waals surface area contributed by atoms with E-state index >= 15 is 0 Å². The van der Waals surface area contributed by atoms with Crippen LogP contribution in [0.1, 0.15) is 16.7 Å². The molecule has 0 aliphatic rings. The van der Waals surface area contributed by atoms with Gasteiger partial charge in [-0.1, -0.05) is 30.3 Å². The number of carbonyl (C=O) groups is 1. The Bertz CT molecular complexity index is 815. The number of hydrogen-bond acceptors (Lipinski definition) is 2. The lowest BCUT2D eigenvalue weighted by Gasteiger charge is -2.08. The number of anilines is 1. The monoisotopic (exact) mass is 330 g/mol. The van der Waals surface area contributed by atoms with Crippen LogP contribution in [0.3, 0.4) is 0 Å². The van der Waals surface area contributed by atoms with Crippen LogP contribution in [-0.4, -0.2) is 5.91 Å². The highest BCUT2D eigenvalue weighted by Gasteiger charge is 2.29. The molecular formula is C18H13F3N2O. The van der Waals surface area contributed by atoms with E-state index in [9.17, 15) is 18.0 Å². The number of halogens is 3. The molecule has 0 spiro atoms. The molecule has 6 heteroatoms. The Morgan fingerprint density at radius 2 is 1.75 bits per heavy atom. The quantitative estimate of drug-likeness (QED) is 0.662. The highest BCUT2D eigenvalue weighted by molar-refractivity contribution is 6.09. The number of aryl methyl sites for hydroxylation is 1. The molecule has 0 bridgehead atoms.